The number of nitrogens with two attached hydrogens (primary N) is 1. The Morgan fingerprint density at radius 1 is 1.07 bits per heavy atom. The molecule has 0 aliphatic heterocycles. The van der Waals surface area contributed by atoms with E-state index in [9.17, 15) is 15.0 Å². The Bertz CT molecular complexity index is 615. The van der Waals surface area contributed by atoms with Gasteiger partial charge in [0.1, 0.15) is 5.75 Å². The number of aliphatic hydroxyl groups is 1. The Labute approximate surface area is 169 Å². The molecule has 28 heavy (non-hydrogen) atoms. The minimum absolute atomic E-state index is 0.0865. The van der Waals surface area contributed by atoms with E-state index in [4.69, 9.17) is 10.5 Å². The van der Waals surface area contributed by atoms with Crippen LogP contribution in [-0.2, 0) is 4.74 Å². The third-order valence-electron chi connectivity index (χ3n) is 4.83. The molecule has 5 heteroatoms. The first kappa shape index (κ1) is 24.2. The summed E-state index contributed by atoms with van der Waals surface area (Å²) >= 11 is 0. The van der Waals surface area contributed by atoms with Crippen molar-refractivity contribution in [3.8, 4) is 5.75 Å². The van der Waals surface area contributed by atoms with Crippen molar-refractivity contribution in [3.63, 3.8) is 0 Å². The molecule has 1 unspecified atom stereocenters. The fourth-order valence-corrected chi connectivity index (χ4v) is 3.14. The van der Waals surface area contributed by atoms with Gasteiger partial charge in [0.05, 0.1) is 12.3 Å². The van der Waals surface area contributed by atoms with Crippen molar-refractivity contribution in [2.24, 2.45) is 0 Å². The second-order valence-electron chi connectivity index (χ2n) is 7.33. The van der Waals surface area contributed by atoms with Gasteiger partial charge < -0.3 is 20.7 Å². The van der Waals surface area contributed by atoms with Crippen molar-refractivity contribution in [1.29, 1.82) is 0 Å². The maximum Gasteiger partial charge on any atom is 0.251 e. The minimum Gasteiger partial charge on any atom is -0.506 e. The zero-order valence-corrected chi connectivity index (χ0v) is 17.5. The number of phenols is 1. The molecule has 0 saturated heterocycles. The van der Waals surface area contributed by atoms with Crippen LogP contribution in [0.15, 0.2) is 30.4 Å². The van der Waals surface area contributed by atoms with Crippen molar-refractivity contribution in [2.45, 2.75) is 83.8 Å². The number of ketones is 1. The van der Waals surface area contributed by atoms with Crippen LogP contribution in [0.2, 0.25) is 0 Å². The van der Waals surface area contributed by atoms with E-state index >= 15 is 0 Å². The number of carbonyl (C=O) groups is 1. The van der Waals surface area contributed by atoms with Crippen LogP contribution in [0.1, 0.15) is 88.4 Å². The molecule has 0 aliphatic carbocycles. The molecule has 1 aromatic carbocycles. The highest BCUT2D eigenvalue weighted by molar-refractivity contribution is 6.03. The molecule has 0 bridgehead atoms. The third kappa shape index (κ3) is 8.44. The van der Waals surface area contributed by atoms with Crippen LogP contribution in [-0.4, -0.2) is 28.4 Å². The molecule has 158 valence electrons. The Kier molecular flexibility index (Phi) is 11.5. The standard InChI is InChI=1S/C23H37NO4/c1-3-5-6-7-8-9-10-11-12-13-17-28-23(27,16-4-2)22(26)19-14-15-21(25)20(24)18-19/h4,14-16,18,25,27H,3,5-13,17,24H2,1-2H3. The number of carbonyl (C=O) groups excluding carboxylic acids is 1. The summed E-state index contributed by atoms with van der Waals surface area (Å²) in [5.41, 5.74) is 5.93. The summed E-state index contributed by atoms with van der Waals surface area (Å²) in [5.74, 6) is -2.71. The number of nitrogen functional groups attached to an aromatic ring is 1. The largest absolute Gasteiger partial charge is 0.506 e. The second-order valence-corrected chi connectivity index (χ2v) is 7.33. The molecule has 0 saturated carbocycles. The summed E-state index contributed by atoms with van der Waals surface area (Å²) in [4.78, 5) is 12.7. The summed E-state index contributed by atoms with van der Waals surface area (Å²) in [6.45, 7) is 4.25. The molecule has 1 aromatic rings. The first-order valence-electron chi connectivity index (χ1n) is 10.6. The first-order valence-corrected chi connectivity index (χ1v) is 10.6. The lowest BCUT2D eigenvalue weighted by molar-refractivity contribution is -0.132. The molecule has 0 heterocycles. The third-order valence-corrected chi connectivity index (χ3v) is 4.83. The topological polar surface area (TPSA) is 92.8 Å². The number of hydrogen-bond donors (Lipinski definition) is 3. The highest BCUT2D eigenvalue weighted by Crippen LogP contribution is 2.25. The van der Waals surface area contributed by atoms with E-state index < -0.39 is 11.6 Å². The molecule has 0 spiro atoms. The molecule has 0 aromatic heterocycles. The molecule has 0 radical (unpaired) electrons. The number of rotatable bonds is 15. The zero-order chi connectivity index (χ0) is 20.8. The van der Waals surface area contributed by atoms with Gasteiger partial charge >= 0.3 is 0 Å². The molecule has 0 aliphatic rings. The number of phenolic OH excluding ortho intramolecular Hbond substituents is 1. The Hall–Kier alpha value is -1.85. The normalized spacial score (nSPS) is 13.7. The van der Waals surface area contributed by atoms with Crippen LogP contribution in [0, 0.1) is 0 Å². The highest BCUT2D eigenvalue weighted by atomic mass is 16.6. The van der Waals surface area contributed by atoms with Crippen molar-refractivity contribution in [2.75, 3.05) is 12.3 Å². The summed E-state index contributed by atoms with van der Waals surface area (Å²) in [6.07, 6.45) is 15.0. The van der Waals surface area contributed by atoms with E-state index in [1.807, 2.05) is 0 Å². The molecule has 0 amide bonds. The number of aromatic hydroxyl groups is 1. The van der Waals surface area contributed by atoms with Gasteiger partial charge in [-0.1, -0.05) is 70.8 Å². The lowest BCUT2D eigenvalue weighted by atomic mass is 10.0. The number of Topliss-reactive ketones (excluding diaryl/α,β-unsaturated/α-hetero) is 1. The number of anilines is 1. The van der Waals surface area contributed by atoms with Gasteiger partial charge in [-0.05, 0) is 37.6 Å². The Morgan fingerprint density at radius 2 is 1.64 bits per heavy atom. The summed E-state index contributed by atoms with van der Waals surface area (Å²) in [7, 11) is 0. The average molecular weight is 392 g/mol. The van der Waals surface area contributed by atoms with E-state index in [0.717, 1.165) is 19.3 Å². The number of ether oxygens (including phenoxy) is 1. The van der Waals surface area contributed by atoms with E-state index in [2.05, 4.69) is 6.92 Å². The monoisotopic (exact) mass is 391 g/mol. The van der Waals surface area contributed by atoms with Crippen LogP contribution in [0.5, 0.6) is 5.75 Å². The molecule has 0 fully saturated rings. The van der Waals surface area contributed by atoms with Crippen molar-refractivity contribution >= 4 is 11.5 Å². The van der Waals surface area contributed by atoms with Crippen molar-refractivity contribution in [1.82, 2.24) is 0 Å². The van der Waals surface area contributed by atoms with Gasteiger partial charge in [-0.25, -0.2) is 0 Å². The van der Waals surface area contributed by atoms with Gasteiger partial charge in [-0.3, -0.25) is 4.79 Å². The second kappa shape index (κ2) is 13.3. The molecule has 1 atom stereocenters. The van der Waals surface area contributed by atoms with Crippen LogP contribution < -0.4 is 5.73 Å². The van der Waals surface area contributed by atoms with E-state index in [0.29, 0.717) is 6.61 Å². The SMILES string of the molecule is CC=CC(O)(OCCCCCCCCCCCC)C(=O)c1ccc(O)c(N)c1. The molecule has 5 nitrogen and oxygen atoms in total. The van der Waals surface area contributed by atoms with Crippen LogP contribution in [0.4, 0.5) is 5.69 Å². The fraction of sp³-hybridized carbons (Fsp3) is 0.609. The van der Waals surface area contributed by atoms with Gasteiger partial charge in [-0.2, -0.15) is 0 Å². The van der Waals surface area contributed by atoms with Crippen LogP contribution >= 0.6 is 0 Å². The van der Waals surface area contributed by atoms with Gasteiger partial charge in [0.25, 0.3) is 5.79 Å². The average Bonchev–Trinajstić information content (AvgIpc) is 2.68. The number of unbranched alkanes of at least 4 members (excludes halogenated alkanes) is 9. The predicted molar refractivity (Wildman–Crippen MR) is 114 cm³/mol. The summed E-state index contributed by atoms with van der Waals surface area (Å²) in [6, 6.07) is 4.10. The summed E-state index contributed by atoms with van der Waals surface area (Å²) in [5, 5.41) is 20.2. The lowest BCUT2D eigenvalue weighted by Gasteiger charge is -2.23. The number of allylic oxidation sites excluding steroid dienone is 1. The minimum atomic E-state index is -2.02. The van der Waals surface area contributed by atoms with Crippen molar-refractivity contribution < 1.29 is 19.7 Å². The zero-order valence-electron chi connectivity index (χ0n) is 17.5. The van der Waals surface area contributed by atoms with Crippen LogP contribution in [0.25, 0.3) is 0 Å². The molecular formula is C23H37NO4. The number of benzene rings is 1. The van der Waals surface area contributed by atoms with E-state index in [-0.39, 0.29) is 17.0 Å². The maximum absolute atomic E-state index is 12.7. The Morgan fingerprint density at radius 3 is 2.18 bits per heavy atom. The van der Waals surface area contributed by atoms with Crippen LogP contribution in [0.3, 0.4) is 0 Å². The fourth-order valence-electron chi connectivity index (χ4n) is 3.14. The molecule has 1 rings (SSSR count). The van der Waals surface area contributed by atoms with E-state index in [1.54, 1.807) is 13.0 Å². The van der Waals surface area contributed by atoms with Gasteiger partial charge in [0.15, 0.2) is 0 Å². The highest BCUT2D eigenvalue weighted by Gasteiger charge is 2.35. The van der Waals surface area contributed by atoms with E-state index in [1.165, 1.54) is 69.2 Å². The van der Waals surface area contributed by atoms with Gasteiger partial charge in [0.2, 0.25) is 5.78 Å². The van der Waals surface area contributed by atoms with Gasteiger partial charge in [-0.15, -0.1) is 0 Å². The lowest BCUT2D eigenvalue weighted by Crippen LogP contribution is -2.40. The molecular weight excluding hydrogens is 354 g/mol. The summed E-state index contributed by atoms with van der Waals surface area (Å²) < 4.78 is 5.54. The van der Waals surface area contributed by atoms with Gasteiger partial charge in [0, 0.05) is 5.56 Å². The maximum atomic E-state index is 12.7. The quantitative estimate of drug-likeness (QED) is 0.0934. The Balaban J connectivity index is 2.37. The molecule has 4 N–H and O–H groups in total. The van der Waals surface area contributed by atoms with Crippen molar-refractivity contribution in [3.05, 3.63) is 35.9 Å². The number of hydrogen-bond acceptors (Lipinski definition) is 5. The first-order chi connectivity index (χ1) is 13.4. The smallest absolute Gasteiger partial charge is 0.251 e. The predicted octanol–water partition coefficient (Wildman–Crippen LogP) is 5.36.